The van der Waals surface area contributed by atoms with Gasteiger partial charge in [-0.2, -0.15) is 0 Å². The lowest BCUT2D eigenvalue weighted by Crippen LogP contribution is -2.18. The highest BCUT2D eigenvalue weighted by Crippen LogP contribution is 2.42. The maximum Gasteiger partial charge on any atom is 0.306 e. The van der Waals surface area contributed by atoms with Crippen molar-refractivity contribution in [1.29, 1.82) is 0 Å². The summed E-state index contributed by atoms with van der Waals surface area (Å²) in [5.41, 5.74) is 0. The lowest BCUT2D eigenvalue weighted by molar-refractivity contribution is -0.141. The van der Waals surface area contributed by atoms with Crippen LogP contribution in [0.5, 0.6) is 0 Å². The van der Waals surface area contributed by atoms with Crippen molar-refractivity contribution >= 4 is 5.97 Å². The van der Waals surface area contributed by atoms with E-state index in [1.807, 2.05) is 6.08 Å². The SMILES string of the molecule is CCCCC[C@H](O)/C=C\[C@@H]1[C@H]2CC(=O)O[C@H]2C[C@H]1O. The second-order valence-electron chi connectivity index (χ2n) is 5.72. The largest absolute Gasteiger partial charge is 0.462 e. The molecule has 108 valence electrons. The van der Waals surface area contributed by atoms with Crippen LogP contribution in [0.4, 0.5) is 0 Å². The maximum absolute atomic E-state index is 11.2. The van der Waals surface area contributed by atoms with E-state index in [0.717, 1.165) is 25.7 Å². The van der Waals surface area contributed by atoms with Crippen LogP contribution >= 0.6 is 0 Å². The Labute approximate surface area is 114 Å². The average molecular weight is 268 g/mol. The first-order chi connectivity index (χ1) is 9.11. The van der Waals surface area contributed by atoms with Crippen LogP contribution in [0.15, 0.2) is 12.2 Å². The van der Waals surface area contributed by atoms with Crippen molar-refractivity contribution in [3.05, 3.63) is 12.2 Å². The Balaban J connectivity index is 1.85. The molecule has 2 N–H and O–H groups in total. The molecule has 2 aliphatic rings. The van der Waals surface area contributed by atoms with Gasteiger partial charge in [0, 0.05) is 18.3 Å². The zero-order valence-corrected chi connectivity index (χ0v) is 11.5. The summed E-state index contributed by atoms with van der Waals surface area (Å²) in [6.07, 6.45) is 7.58. The van der Waals surface area contributed by atoms with Crippen LogP contribution in [0.2, 0.25) is 0 Å². The summed E-state index contributed by atoms with van der Waals surface area (Å²) < 4.78 is 5.18. The van der Waals surface area contributed by atoms with E-state index in [-0.39, 0.29) is 23.9 Å². The summed E-state index contributed by atoms with van der Waals surface area (Å²) in [6.45, 7) is 2.13. The highest BCUT2D eigenvalue weighted by Gasteiger charge is 2.48. The number of aliphatic hydroxyl groups excluding tert-OH is 2. The molecule has 0 amide bonds. The van der Waals surface area contributed by atoms with E-state index in [1.165, 1.54) is 0 Å². The first kappa shape index (κ1) is 14.5. The van der Waals surface area contributed by atoms with Gasteiger partial charge in [0.1, 0.15) is 6.10 Å². The molecule has 0 aromatic carbocycles. The monoisotopic (exact) mass is 268 g/mol. The molecule has 0 bridgehead atoms. The van der Waals surface area contributed by atoms with Gasteiger partial charge in [-0.15, -0.1) is 0 Å². The molecule has 2 rings (SSSR count). The fourth-order valence-corrected chi connectivity index (χ4v) is 3.14. The number of esters is 1. The van der Waals surface area contributed by atoms with E-state index in [0.29, 0.717) is 12.8 Å². The first-order valence-corrected chi connectivity index (χ1v) is 7.35. The standard InChI is InChI=1S/C15H24O4/c1-2-3-4-5-10(16)6-7-11-12-8-15(18)19-14(12)9-13(11)17/h6-7,10-14,16-17H,2-5,8-9H2,1H3/b7-6-/t10-,11+,12+,13+,14-/m0/s1. The third-order valence-corrected chi connectivity index (χ3v) is 4.23. The number of fused-ring (bicyclic) bond motifs is 1. The van der Waals surface area contributed by atoms with Crippen LogP contribution < -0.4 is 0 Å². The summed E-state index contributed by atoms with van der Waals surface area (Å²) >= 11 is 0. The van der Waals surface area contributed by atoms with Crippen molar-refractivity contribution in [3.8, 4) is 0 Å². The fraction of sp³-hybridized carbons (Fsp3) is 0.800. The highest BCUT2D eigenvalue weighted by atomic mass is 16.6. The number of carbonyl (C=O) groups is 1. The number of hydrogen-bond donors (Lipinski definition) is 2. The number of aliphatic hydroxyl groups is 2. The van der Waals surface area contributed by atoms with Crippen LogP contribution in [-0.4, -0.2) is 34.5 Å². The molecule has 1 saturated heterocycles. The quantitative estimate of drug-likeness (QED) is 0.438. The molecule has 0 spiro atoms. The Morgan fingerprint density at radius 3 is 3.00 bits per heavy atom. The predicted octanol–water partition coefficient (Wildman–Crippen LogP) is 1.80. The topological polar surface area (TPSA) is 66.8 Å². The predicted molar refractivity (Wildman–Crippen MR) is 71.4 cm³/mol. The molecule has 0 radical (unpaired) electrons. The Kier molecular flexibility index (Phi) is 4.99. The number of hydrogen-bond acceptors (Lipinski definition) is 4. The molecule has 19 heavy (non-hydrogen) atoms. The molecule has 0 aromatic rings. The minimum absolute atomic E-state index is 0.0581. The van der Waals surface area contributed by atoms with Gasteiger partial charge >= 0.3 is 5.97 Å². The molecule has 4 nitrogen and oxygen atoms in total. The Morgan fingerprint density at radius 1 is 1.47 bits per heavy atom. The summed E-state index contributed by atoms with van der Waals surface area (Å²) in [4.78, 5) is 11.2. The van der Waals surface area contributed by atoms with Crippen molar-refractivity contribution in [2.75, 3.05) is 0 Å². The number of rotatable bonds is 6. The molecule has 1 aliphatic heterocycles. The summed E-state index contributed by atoms with van der Waals surface area (Å²) in [7, 11) is 0. The summed E-state index contributed by atoms with van der Waals surface area (Å²) in [5.74, 6) is -0.136. The van der Waals surface area contributed by atoms with Crippen LogP contribution in [0, 0.1) is 11.8 Å². The second-order valence-corrected chi connectivity index (χ2v) is 5.72. The molecular weight excluding hydrogens is 244 g/mol. The Bertz CT molecular complexity index is 339. The minimum atomic E-state index is -0.456. The molecule has 1 aliphatic carbocycles. The van der Waals surface area contributed by atoms with Crippen LogP contribution in [-0.2, 0) is 9.53 Å². The van der Waals surface area contributed by atoms with Gasteiger partial charge in [0.15, 0.2) is 0 Å². The van der Waals surface area contributed by atoms with Crippen molar-refractivity contribution in [2.24, 2.45) is 11.8 Å². The maximum atomic E-state index is 11.2. The molecule has 1 saturated carbocycles. The minimum Gasteiger partial charge on any atom is -0.462 e. The zero-order chi connectivity index (χ0) is 13.8. The fourth-order valence-electron chi connectivity index (χ4n) is 3.14. The van der Waals surface area contributed by atoms with E-state index in [4.69, 9.17) is 4.74 Å². The van der Waals surface area contributed by atoms with Gasteiger partial charge in [0.25, 0.3) is 0 Å². The smallest absolute Gasteiger partial charge is 0.306 e. The lowest BCUT2D eigenvalue weighted by Gasteiger charge is -2.15. The van der Waals surface area contributed by atoms with E-state index >= 15 is 0 Å². The molecule has 1 heterocycles. The van der Waals surface area contributed by atoms with Gasteiger partial charge < -0.3 is 14.9 Å². The van der Waals surface area contributed by atoms with E-state index < -0.39 is 12.2 Å². The number of carbonyl (C=O) groups excluding carboxylic acids is 1. The molecule has 4 heteroatoms. The molecule has 5 atom stereocenters. The van der Waals surface area contributed by atoms with Gasteiger partial charge in [-0.1, -0.05) is 38.3 Å². The van der Waals surface area contributed by atoms with E-state index in [2.05, 4.69) is 6.92 Å². The van der Waals surface area contributed by atoms with Gasteiger partial charge in [0.05, 0.1) is 18.6 Å². The second kappa shape index (κ2) is 6.53. The molecule has 2 fully saturated rings. The third-order valence-electron chi connectivity index (χ3n) is 4.23. The Hall–Kier alpha value is -0.870. The molecule has 0 unspecified atom stereocenters. The molecular formula is C15H24O4. The van der Waals surface area contributed by atoms with Gasteiger partial charge in [0.2, 0.25) is 0 Å². The molecule has 0 aromatic heterocycles. The number of unbranched alkanes of at least 4 members (excludes halogenated alkanes) is 2. The zero-order valence-electron chi connectivity index (χ0n) is 11.5. The van der Waals surface area contributed by atoms with Gasteiger partial charge in [-0.25, -0.2) is 0 Å². The third kappa shape index (κ3) is 3.57. The van der Waals surface area contributed by atoms with E-state index in [9.17, 15) is 15.0 Å². The van der Waals surface area contributed by atoms with Gasteiger partial charge in [-0.3, -0.25) is 4.79 Å². The van der Waals surface area contributed by atoms with Crippen molar-refractivity contribution in [2.45, 2.75) is 63.8 Å². The van der Waals surface area contributed by atoms with Gasteiger partial charge in [-0.05, 0) is 6.42 Å². The number of ether oxygens (including phenoxy) is 1. The average Bonchev–Trinajstić information content (AvgIpc) is 2.82. The first-order valence-electron chi connectivity index (χ1n) is 7.35. The normalized spacial score (nSPS) is 35.6. The van der Waals surface area contributed by atoms with Crippen LogP contribution in [0.3, 0.4) is 0 Å². The highest BCUT2D eigenvalue weighted by molar-refractivity contribution is 5.72. The van der Waals surface area contributed by atoms with Crippen LogP contribution in [0.25, 0.3) is 0 Å². The Morgan fingerprint density at radius 2 is 2.26 bits per heavy atom. The van der Waals surface area contributed by atoms with Crippen molar-refractivity contribution in [3.63, 3.8) is 0 Å². The van der Waals surface area contributed by atoms with Crippen LogP contribution in [0.1, 0.15) is 45.4 Å². The van der Waals surface area contributed by atoms with Crippen molar-refractivity contribution in [1.82, 2.24) is 0 Å². The van der Waals surface area contributed by atoms with E-state index in [1.54, 1.807) is 6.08 Å². The van der Waals surface area contributed by atoms with Crippen molar-refractivity contribution < 1.29 is 19.7 Å². The summed E-state index contributed by atoms with van der Waals surface area (Å²) in [6, 6.07) is 0. The summed E-state index contributed by atoms with van der Waals surface area (Å²) in [5, 5.41) is 19.8. The lowest BCUT2D eigenvalue weighted by atomic mass is 9.91.